The van der Waals surface area contributed by atoms with E-state index >= 15 is 0 Å². The fourth-order valence-corrected chi connectivity index (χ4v) is 4.36. The molecular formula is C20H18N8O3S. The van der Waals surface area contributed by atoms with Crippen LogP contribution in [0.1, 0.15) is 5.56 Å². The van der Waals surface area contributed by atoms with Gasteiger partial charge in [-0.25, -0.2) is 14.6 Å². The van der Waals surface area contributed by atoms with Crippen molar-refractivity contribution < 1.29 is 12.8 Å². The third kappa shape index (κ3) is 3.67. The number of benzene rings is 1. The van der Waals surface area contributed by atoms with E-state index in [1.54, 1.807) is 59.1 Å². The van der Waals surface area contributed by atoms with Gasteiger partial charge in [0.1, 0.15) is 5.69 Å². The Morgan fingerprint density at radius 1 is 1.19 bits per heavy atom. The van der Waals surface area contributed by atoms with Crippen molar-refractivity contribution >= 4 is 32.7 Å². The quantitative estimate of drug-likeness (QED) is 0.400. The van der Waals surface area contributed by atoms with Gasteiger partial charge >= 0.3 is 0 Å². The van der Waals surface area contributed by atoms with E-state index in [0.29, 0.717) is 34.7 Å². The Labute approximate surface area is 182 Å². The maximum atomic E-state index is 12.6. The van der Waals surface area contributed by atoms with E-state index in [9.17, 15) is 8.42 Å². The van der Waals surface area contributed by atoms with Crippen LogP contribution in [0.15, 0.2) is 70.8 Å². The van der Waals surface area contributed by atoms with Gasteiger partial charge < -0.3 is 14.7 Å². The van der Waals surface area contributed by atoms with Gasteiger partial charge in [0.25, 0.3) is 10.0 Å². The lowest BCUT2D eigenvalue weighted by molar-refractivity contribution is 0.580. The van der Waals surface area contributed by atoms with Crippen LogP contribution < -0.4 is 10.5 Å². The summed E-state index contributed by atoms with van der Waals surface area (Å²) in [5.41, 5.74) is 8.24. The van der Waals surface area contributed by atoms with Crippen molar-refractivity contribution in [2.75, 3.05) is 10.5 Å². The molecule has 11 nitrogen and oxygen atoms in total. The number of aryl methyl sites for hydroxylation is 1. The molecule has 4 heterocycles. The lowest BCUT2D eigenvalue weighted by Gasteiger charge is -2.09. The van der Waals surface area contributed by atoms with Gasteiger partial charge in [-0.05, 0) is 29.8 Å². The monoisotopic (exact) mass is 450 g/mol. The summed E-state index contributed by atoms with van der Waals surface area (Å²) in [7, 11) is -2.09. The standard InChI is InChI=1S/C20H18N8O3S/c1-27-11-17(22-12-27)32(29,30)26-14-5-2-4-13(8-14)10-28-19-15(9-23-28)18(24-20(21)25-19)16-6-3-7-31-16/h2-9,11-12,26H,10H2,1H3,(H2,21,24,25). The number of anilines is 2. The van der Waals surface area contributed by atoms with Crippen LogP contribution in [0.4, 0.5) is 11.6 Å². The number of hydrogen-bond acceptors (Lipinski definition) is 8. The molecule has 1 aromatic carbocycles. The molecule has 0 spiro atoms. The predicted molar refractivity (Wildman–Crippen MR) is 117 cm³/mol. The molecule has 4 aromatic heterocycles. The van der Waals surface area contributed by atoms with Gasteiger partial charge in [-0.3, -0.25) is 4.72 Å². The maximum absolute atomic E-state index is 12.6. The van der Waals surface area contributed by atoms with E-state index in [0.717, 1.165) is 5.56 Å². The first kappa shape index (κ1) is 19.8. The van der Waals surface area contributed by atoms with Crippen LogP contribution in [0.2, 0.25) is 0 Å². The van der Waals surface area contributed by atoms with Crippen molar-refractivity contribution in [1.82, 2.24) is 29.3 Å². The molecule has 0 bridgehead atoms. The highest BCUT2D eigenvalue weighted by Gasteiger charge is 2.18. The molecule has 0 fully saturated rings. The van der Waals surface area contributed by atoms with E-state index in [1.165, 1.54) is 12.5 Å². The number of furan rings is 1. The summed E-state index contributed by atoms with van der Waals surface area (Å²) in [6, 6.07) is 10.6. The zero-order chi connectivity index (χ0) is 22.3. The molecule has 12 heteroatoms. The first-order valence-electron chi connectivity index (χ1n) is 9.52. The molecule has 0 radical (unpaired) electrons. The summed E-state index contributed by atoms with van der Waals surface area (Å²) >= 11 is 0. The molecule has 0 saturated heterocycles. The second kappa shape index (κ2) is 7.50. The zero-order valence-electron chi connectivity index (χ0n) is 16.9. The molecular weight excluding hydrogens is 432 g/mol. The minimum Gasteiger partial charge on any atom is -0.463 e. The van der Waals surface area contributed by atoms with Crippen molar-refractivity contribution in [3.8, 4) is 11.5 Å². The fraction of sp³-hybridized carbons (Fsp3) is 0.100. The van der Waals surface area contributed by atoms with Gasteiger partial charge in [-0.1, -0.05) is 12.1 Å². The van der Waals surface area contributed by atoms with E-state index in [4.69, 9.17) is 10.2 Å². The third-order valence-electron chi connectivity index (χ3n) is 4.74. The Bertz CT molecular complexity index is 1520. The Hall–Kier alpha value is -4.19. The summed E-state index contributed by atoms with van der Waals surface area (Å²) in [5, 5.41) is 5.06. The number of rotatable bonds is 6. The summed E-state index contributed by atoms with van der Waals surface area (Å²) in [6.45, 7) is 0.344. The number of nitrogens with two attached hydrogens (primary N) is 1. The summed E-state index contributed by atoms with van der Waals surface area (Å²) in [6.07, 6.45) is 6.07. The molecule has 0 aliphatic heterocycles. The molecule has 0 saturated carbocycles. The molecule has 5 rings (SSSR count). The fourth-order valence-electron chi connectivity index (χ4n) is 3.33. The van der Waals surface area contributed by atoms with E-state index < -0.39 is 10.0 Å². The van der Waals surface area contributed by atoms with Gasteiger partial charge in [-0.2, -0.15) is 18.5 Å². The highest BCUT2D eigenvalue weighted by molar-refractivity contribution is 7.92. The second-order valence-electron chi connectivity index (χ2n) is 7.13. The number of fused-ring (bicyclic) bond motifs is 1. The van der Waals surface area contributed by atoms with Gasteiger partial charge in [0.2, 0.25) is 5.95 Å². The van der Waals surface area contributed by atoms with E-state index in [1.807, 2.05) is 6.07 Å². The van der Waals surface area contributed by atoms with Crippen LogP contribution in [0.3, 0.4) is 0 Å². The minimum absolute atomic E-state index is 0.0545. The largest absolute Gasteiger partial charge is 0.463 e. The number of imidazole rings is 1. The van der Waals surface area contributed by atoms with E-state index in [2.05, 4.69) is 24.8 Å². The Morgan fingerprint density at radius 3 is 2.81 bits per heavy atom. The predicted octanol–water partition coefficient (Wildman–Crippen LogP) is 2.25. The summed E-state index contributed by atoms with van der Waals surface area (Å²) in [5.74, 6) is 0.664. The molecule has 32 heavy (non-hydrogen) atoms. The van der Waals surface area contributed by atoms with Crippen LogP contribution in [-0.2, 0) is 23.6 Å². The number of nitrogens with one attached hydrogen (secondary N) is 1. The topological polar surface area (TPSA) is 147 Å². The van der Waals surface area contributed by atoms with Gasteiger partial charge in [0, 0.05) is 18.9 Å². The second-order valence-corrected chi connectivity index (χ2v) is 8.76. The Kier molecular flexibility index (Phi) is 4.63. The smallest absolute Gasteiger partial charge is 0.280 e. The normalized spacial score (nSPS) is 11.8. The molecule has 5 aromatic rings. The number of hydrogen-bond donors (Lipinski definition) is 2. The summed E-state index contributed by atoms with van der Waals surface area (Å²) < 4.78 is 36.4. The van der Waals surface area contributed by atoms with E-state index in [-0.39, 0.29) is 11.0 Å². The van der Waals surface area contributed by atoms with Gasteiger partial charge in [0.15, 0.2) is 16.4 Å². The Balaban J connectivity index is 1.45. The van der Waals surface area contributed by atoms with Gasteiger partial charge in [0.05, 0.1) is 30.7 Å². The lowest BCUT2D eigenvalue weighted by Crippen LogP contribution is -2.13. The van der Waals surface area contributed by atoms with Crippen LogP contribution in [0.25, 0.3) is 22.5 Å². The van der Waals surface area contributed by atoms with Crippen LogP contribution in [0, 0.1) is 0 Å². The van der Waals surface area contributed by atoms with Crippen molar-refractivity contribution in [3.05, 3.63) is 66.9 Å². The lowest BCUT2D eigenvalue weighted by atomic mass is 10.2. The van der Waals surface area contributed by atoms with Crippen LogP contribution in [-0.4, -0.2) is 37.7 Å². The molecule has 3 N–H and O–H groups in total. The SMILES string of the molecule is Cn1cnc(S(=O)(=O)Nc2cccc(Cn3ncc4c(-c5ccco5)nc(N)nc43)c2)c1. The van der Waals surface area contributed by atoms with Crippen molar-refractivity contribution in [1.29, 1.82) is 0 Å². The molecule has 0 amide bonds. The molecule has 0 aliphatic rings. The van der Waals surface area contributed by atoms with Gasteiger partial charge in [-0.15, -0.1) is 0 Å². The zero-order valence-corrected chi connectivity index (χ0v) is 17.7. The number of aromatic nitrogens is 6. The van der Waals surface area contributed by atoms with Crippen molar-refractivity contribution in [2.24, 2.45) is 7.05 Å². The first-order valence-corrected chi connectivity index (χ1v) is 11.0. The highest BCUT2D eigenvalue weighted by Crippen LogP contribution is 2.27. The maximum Gasteiger partial charge on any atom is 0.280 e. The highest BCUT2D eigenvalue weighted by atomic mass is 32.2. The molecule has 0 unspecified atom stereocenters. The Morgan fingerprint density at radius 2 is 2.06 bits per heavy atom. The number of sulfonamides is 1. The average molecular weight is 450 g/mol. The average Bonchev–Trinajstić information content (AvgIpc) is 3.49. The van der Waals surface area contributed by atoms with Crippen molar-refractivity contribution in [2.45, 2.75) is 11.6 Å². The molecule has 162 valence electrons. The minimum atomic E-state index is -3.79. The first-order chi connectivity index (χ1) is 15.4. The van der Waals surface area contributed by atoms with Crippen molar-refractivity contribution in [3.63, 3.8) is 0 Å². The van der Waals surface area contributed by atoms with Crippen LogP contribution in [0.5, 0.6) is 0 Å². The van der Waals surface area contributed by atoms with Crippen LogP contribution >= 0.6 is 0 Å². The molecule has 0 aliphatic carbocycles. The molecule has 0 atom stereocenters. The third-order valence-corrected chi connectivity index (χ3v) is 6.00. The number of nitrogens with zero attached hydrogens (tertiary/aromatic N) is 6. The number of nitrogen functional groups attached to an aromatic ring is 1. The summed E-state index contributed by atoms with van der Waals surface area (Å²) in [4.78, 5) is 12.5.